The lowest BCUT2D eigenvalue weighted by molar-refractivity contribution is -0.137. The second-order valence-electron chi connectivity index (χ2n) is 9.03. The molecule has 2 aromatic carbocycles. The summed E-state index contributed by atoms with van der Waals surface area (Å²) >= 11 is 1.46. The van der Waals surface area contributed by atoms with Gasteiger partial charge in [-0.05, 0) is 67.2 Å². The van der Waals surface area contributed by atoms with Gasteiger partial charge in [0.15, 0.2) is 5.01 Å². The molecule has 180 valence electrons. The fourth-order valence-corrected chi connectivity index (χ4v) is 5.73. The van der Waals surface area contributed by atoms with Crippen LogP contribution in [0.4, 0.5) is 13.2 Å². The molecular weight excluding hydrogens is 461 g/mol. The quantitative estimate of drug-likeness (QED) is 0.577. The Morgan fingerprint density at radius 3 is 2.41 bits per heavy atom. The largest absolute Gasteiger partial charge is 0.416 e. The van der Waals surface area contributed by atoms with Crippen LogP contribution in [-0.2, 0) is 12.7 Å². The van der Waals surface area contributed by atoms with Gasteiger partial charge < -0.3 is 10.2 Å². The van der Waals surface area contributed by atoms with Crippen LogP contribution >= 0.6 is 11.3 Å². The maximum absolute atomic E-state index is 13.1. The van der Waals surface area contributed by atoms with Crippen LogP contribution in [0.25, 0.3) is 10.2 Å². The van der Waals surface area contributed by atoms with Crippen LogP contribution in [0.3, 0.4) is 0 Å². The van der Waals surface area contributed by atoms with E-state index in [-0.39, 0.29) is 5.91 Å². The smallest absolute Gasteiger partial charge is 0.334 e. The zero-order valence-corrected chi connectivity index (χ0v) is 19.6. The van der Waals surface area contributed by atoms with E-state index >= 15 is 0 Å². The summed E-state index contributed by atoms with van der Waals surface area (Å²) in [6, 6.07) is 11.7. The molecule has 2 saturated heterocycles. The zero-order chi connectivity index (χ0) is 23.7. The highest BCUT2D eigenvalue weighted by Gasteiger charge is 2.30. The molecule has 0 atom stereocenters. The summed E-state index contributed by atoms with van der Waals surface area (Å²) in [4.78, 5) is 21.7. The number of fused-ring (bicyclic) bond motifs is 1. The highest BCUT2D eigenvalue weighted by molar-refractivity contribution is 7.20. The summed E-state index contributed by atoms with van der Waals surface area (Å²) < 4.78 is 39.3. The standard InChI is InChI=1S/C25H27F3N4OS/c26-25(27,28)20-4-1-17(2-5-20)16-31-11-13-32(14-12-31)24(33)23-30-21-6-3-19(15-22(21)34-23)18-7-9-29-10-8-18/h1-6,15,18,29H,7-14,16H2. The molecule has 3 heterocycles. The minimum Gasteiger partial charge on any atom is -0.334 e. The summed E-state index contributed by atoms with van der Waals surface area (Å²) in [7, 11) is 0. The molecule has 0 radical (unpaired) electrons. The number of aromatic nitrogens is 1. The number of carbonyl (C=O) groups excluding carboxylic acids is 1. The van der Waals surface area contributed by atoms with Crippen LogP contribution in [0.1, 0.15) is 45.3 Å². The van der Waals surface area contributed by atoms with Gasteiger partial charge in [-0.25, -0.2) is 4.98 Å². The summed E-state index contributed by atoms with van der Waals surface area (Å²) in [6.45, 7) is 5.17. The molecule has 2 aliphatic rings. The monoisotopic (exact) mass is 488 g/mol. The van der Waals surface area contributed by atoms with Gasteiger partial charge in [-0.3, -0.25) is 9.69 Å². The van der Waals surface area contributed by atoms with Crippen molar-refractivity contribution in [2.75, 3.05) is 39.3 Å². The molecule has 0 aliphatic carbocycles. The summed E-state index contributed by atoms with van der Waals surface area (Å²) in [5.74, 6) is 0.517. The number of alkyl halides is 3. The molecule has 1 amide bonds. The molecule has 3 aromatic rings. The fourth-order valence-electron chi connectivity index (χ4n) is 4.74. The Balaban J connectivity index is 1.19. The van der Waals surface area contributed by atoms with Crippen molar-refractivity contribution in [2.45, 2.75) is 31.5 Å². The van der Waals surface area contributed by atoms with Gasteiger partial charge in [0, 0.05) is 32.7 Å². The average molecular weight is 489 g/mol. The first-order valence-corrected chi connectivity index (χ1v) is 12.5. The summed E-state index contributed by atoms with van der Waals surface area (Å²) in [6.07, 6.45) is -2.06. The lowest BCUT2D eigenvalue weighted by Crippen LogP contribution is -2.48. The Labute approximate surface area is 200 Å². The number of halogens is 3. The molecule has 0 bridgehead atoms. The Morgan fingerprint density at radius 2 is 1.74 bits per heavy atom. The Kier molecular flexibility index (Phi) is 6.59. The van der Waals surface area contributed by atoms with Crippen molar-refractivity contribution in [3.8, 4) is 0 Å². The number of carbonyl (C=O) groups is 1. The second kappa shape index (κ2) is 9.64. The molecule has 34 heavy (non-hydrogen) atoms. The van der Waals surface area contributed by atoms with E-state index in [1.54, 1.807) is 0 Å². The van der Waals surface area contributed by atoms with Crippen molar-refractivity contribution in [1.82, 2.24) is 20.1 Å². The van der Waals surface area contributed by atoms with Gasteiger partial charge in [0.1, 0.15) is 0 Å². The molecule has 0 spiro atoms. The van der Waals surface area contributed by atoms with Crippen molar-refractivity contribution in [2.24, 2.45) is 0 Å². The van der Waals surface area contributed by atoms with Crippen molar-refractivity contribution in [3.63, 3.8) is 0 Å². The Morgan fingerprint density at radius 1 is 1.03 bits per heavy atom. The van der Waals surface area contributed by atoms with E-state index in [2.05, 4.69) is 27.3 Å². The maximum atomic E-state index is 13.1. The zero-order valence-electron chi connectivity index (χ0n) is 18.8. The van der Waals surface area contributed by atoms with Crippen LogP contribution in [0.15, 0.2) is 42.5 Å². The fraction of sp³-hybridized carbons (Fsp3) is 0.440. The molecule has 2 fully saturated rings. The molecule has 1 N–H and O–H groups in total. The molecule has 9 heteroatoms. The van der Waals surface area contributed by atoms with E-state index < -0.39 is 11.7 Å². The van der Waals surface area contributed by atoms with Crippen molar-refractivity contribution in [3.05, 3.63) is 64.2 Å². The van der Waals surface area contributed by atoms with Crippen molar-refractivity contribution >= 4 is 27.5 Å². The van der Waals surface area contributed by atoms with Crippen molar-refractivity contribution in [1.29, 1.82) is 0 Å². The highest BCUT2D eigenvalue weighted by Crippen LogP contribution is 2.31. The number of amides is 1. The van der Waals surface area contributed by atoms with Gasteiger partial charge in [-0.2, -0.15) is 13.2 Å². The van der Waals surface area contributed by atoms with E-state index in [1.165, 1.54) is 29.0 Å². The first kappa shape index (κ1) is 23.3. The first-order chi connectivity index (χ1) is 16.4. The average Bonchev–Trinajstić information content (AvgIpc) is 3.28. The van der Waals surface area contributed by atoms with Crippen molar-refractivity contribution < 1.29 is 18.0 Å². The number of benzene rings is 2. The van der Waals surface area contributed by atoms with Gasteiger partial charge in [0.05, 0.1) is 15.8 Å². The predicted molar refractivity (Wildman–Crippen MR) is 127 cm³/mol. The van der Waals surface area contributed by atoms with Gasteiger partial charge in [0.25, 0.3) is 5.91 Å². The maximum Gasteiger partial charge on any atom is 0.416 e. The van der Waals surface area contributed by atoms with Gasteiger partial charge in [-0.15, -0.1) is 11.3 Å². The molecule has 2 aliphatic heterocycles. The molecule has 5 rings (SSSR count). The third-order valence-electron chi connectivity index (χ3n) is 6.75. The molecule has 1 aromatic heterocycles. The number of nitrogens with one attached hydrogen (secondary N) is 1. The van der Waals surface area contributed by atoms with E-state index in [0.29, 0.717) is 43.6 Å². The first-order valence-electron chi connectivity index (χ1n) is 11.7. The molecule has 0 unspecified atom stereocenters. The number of piperidine rings is 1. The predicted octanol–water partition coefficient (Wildman–Crippen LogP) is 4.74. The van der Waals surface area contributed by atoms with Gasteiger partial charge in [-0.1, -0.05) is 18.2 Å². The lowest BCUT2D eigenvalue weighted by Gasteiger charge is -2.34. The van der Waals surface area contributed by atoms with Crippen LogP contribution < -0.4 is 5.32 Å². The third kappa shape index (κ3) is 5.11. The molecular formula is C25H27F3N4OS. The minimum absolute atomic E-state index is 0.0428. The van der Waals surface area contributed by atoms with E-state index in [1.807, 2.05) is 11.0 Å². The number of nitrogens with zero attached hydrogens (tertiary/aromatic N) is 3. The summed E-state index contributed by atoms with van der Waals surface area (Å²) in [5.41, 5.74) is 2.40. The number of rotatable bonds is 4. The number of hydrogen-bond donors (Lipinski definition) is 1. The summed E-state index contributed by atoms with van der Waals surface area (Å²) in [5, 5.41) is 3.92. The second-order valence-corrected chi connectivity index (χ2v) is 10.1. The molecule has 5 nitrogen and oxygen atoms in total. The lowest BCUT2D eigenvalue weighted by atomic mass is 9.90. The highest BCUT2D eigenvalue weighted by atomic mass is 32.1. The number of piperazine rings is 1. The number of hydrogen-bond acceptors (Lipinski definition) is 5. The van der Waals surface area contributed by atoms with Crippen LogP contribution in [0, 0.1) is 0 Å². The van der Waals surface area contributed by atoms with Gasteiger partial charge >= 0.3 is 6.18 Å². The van der Waals surface area contributed by atoms with E-state index in [0.717, 1.165) is 53.8 Å². The van der Waals surface area contributed by atoms with Crippen LogP contribution in [0.2, 0.25) is 0 Å². The SMILES string of the molecule is O=C(c1nc2ccc(C3CCNCC3)cc2s1)N1CCN(Cc2ccc(C(F)(F)F)cc2)CC1. The Hall–Kier alpha value is -2.49. The Bertz CT molecular complexity index is 1150. The van der Waals surface area contributed by atoms with Crippen LogP contribution in [-0.4, -0.2) is 60.0 Å². The van der Waals surface area contributed by atoms with Crippen LogP contribution in [0.5, 0.6) is 0 Å². The van der Waals surface area contributed by atoms with Gasteiger partial charge in [0.2, 0.25) is 0 Å². The van der Waals surface area contributed by atoms with E-state index in [4.69, 9.17) is 0 Å². The number of thiazole rings is 1. The van der Waals surface area contributed by atoms with E-state index in [9.17, 15) is 18.0 Å². The topological polar surface area (TPSA) is 48.5 Å². The minimum atomic E-state index is -4.32. The third-order valence-corrected chi connectivity index (χ3v) is 7.76. The molecule has 0 saturated carbocycles. The normalized spacial score (nSPS) is 18.5.